The molecule has 2 aromatic rings. The Morgan fingerprint density at radius 2 is 1.87 bits per heavy atom. The van der Waals surface area contributed by atoms with Gasteiger partial charge in [0.1, 0.15) is 5.75 Å². The number of likely N-dealkylation sites (tertiary alicyclic amines) is 1. The highest BCUT2D eigenvalue weighted by Gasteiger charge is 2.37. The number of fused-ring (bicyclic) bond motifs is 1. The second-order valence-corrected chi connectivity index (χ2v) is 8.33. The molecule has 1 unspecified atom stereocenters. The van der Waals surface area contributed by atoms with E-state index in [9.17, 15) is 23.1 Å². The summed E-state index contributed by atoms with van der Waals surface area (Å²) in [6, 6.07) is 13.5. The molecular weight excluding hydrogens is 409 g/mol. The number of nitrogens with zero attached hydrogens (tertiary/aromatic N) is 2. The minimum Gasteiger partial charge on any atom is -0.406 e. The smallest absolute Gasteiger partial charge is 0.406 e. The van der Waals surface area contributed by atoms with Gasteiger partial charge in [0, 0.05) is 24.8 Å². The van der Waals surface area contributed by atoms with Gasteiger partial charge in [0.15, 0.2) is 0 Å². The van der Waals surface area contributed by atoms with Gasteiger partial charge in [-0.3, -0.25) is 9.69 Å². The first kappa shape index (κ1) is 21.6. The van der Waals surface area contributed by atoms with Crippen LogP contribution >= 0.6 is 0 Å². The van der Waals surface area contributed by atoms with E-state index < -0.39 is 12.0 Å². The second kappa shape index (κ2) is 8.16. The normalized spacial score (nSPS) is 21.1. The third-order valence-corrected chi connectivity index (χ3v) is 6.12. The molecule has 1 N–H and O–H groups in total. The predicted octanol–water partition coefficient (Wildman–Crippen LogP) is 3.85. The molecule has 1 saturated heterocycles. The third kappa shape index (κ3) is 4.70. The van der Waals surface area contributed by atoms with Crippen molar-refractivity contribution in [2.75, 3.05) is 24.5 Å². The van der Waals surface area contributed by atoms with E-state index >= 15 is 0 Å². The molecule has 1 amide bonds. The minimum atomic E-state index is -4.78. The van der Waals surface area contributed by atoms with Crippen molar-refractivity contribution < 1.29 is 27.8 Å². The van der Waals surface area contributed by atoms with Gasteiger partial charge in [-0.25, -0.2) is 0 Å². The van der Waals surface area contributed by atoms with Gasteiger partial charge in [0.2, 0.25) is 5.91 Å². The number of ether oxygens (including phenoxy) is 1. The summed E-state index contributed by atoms with van der Waals surface area (Å²) in [5.74, 6) is -0.332. The van der Waals surface area contributed by atoms with Gasteiger partial charge in [-0.15, -0.1) is 13.2 Å². The summed E-state index contributed by atoms with van der Waals surface area (Å²) in [5.41, 5.74) is 1.26. The number of rotatable bonds is 4. The van der Waals surface area contributed by atoms with Crippen LogP contribution in [0.15, 0.2) is 48.5 Å². The maximum atomic E-state index is 13.0. The number of halogens is 3. The van der Waals surface area contributed by atoms with Crippen LogP contribution in [0.25, 0.3) is 0 Å². The molecule has 0 radical (unpaired) electrons. The van der Waals surface area contributed by atoms with Crippen LogP contribution in [-0.4, -0.2) is 48.0 Å². The zero-order chi connectivity index (χ0) is 22.2. The molecule has 0 bridgehead atoms. The van der Waals surface area contributed by atoms with Crippen molar-refractivity contribution in [3.05, 3.63) is 59.7 Å². The van der Waals surface area contributed by atoms with E-state index in [1.165, 1.54) is 18.2 Å². The maximum Gasteiger partial charge on any atom is 0.573 e. The summed E-state index contributed by atoms with van der Waals surface area (Å²) in [7, 11) is 0. The third-order valence-electron chi connectivity index (χ3n) is 6.12. The zero-order valence-corrected chi connectivity index (χ0v) is 17.2. The summed E-state index contributed by atoms with van der Waals surface area (Å²) in [6.45, 7) is 3.21. The summed E-state index contributed by atoms with van der Waals surface area (Å²) < 4.78 is 41.5. The number of alkyl halides is 3. The lowest BCUT2D eigenvalue weighted by Crippen LogP contribution is -2.48. The number of aliphatic hydroxyl groups is 1. The van der Waals surface area contributed by atoms with Crippen LogP contribution in [0.2, 0.25) is 0 Å². The highest BCUT2D eigenvalue weighted by molar-refractivity contribution is 5.97. The molecule has 0 aliphatic carbocycles. The standard InChI is InChI=1S/C23H25F3N2O3/c1-16-13-17-5-2-3-8-20(17)28(16)21(29)15-27-11-9-22(30,10-12-27)18-6-4-7-19(14-18)31-23(24,25)26/h2-8,14,16,30H,9-13,15H2,1H3. The number of hydrogen-bond donors (Lipinski definition) is 1. The Morgan fingerprint density at radius 3 is 2.58 bits per heavy atom. The highest BCUT2D eigenvalue weighted by Crippen LogP contribution is 2.36. The van der Waals surface area contributed by atoms with Crippen LogP contribution in [0.1, 0.15) is 30.9 Å². The lowest BCUT2D eigenvalue weighted by molar-refractivity contribution is -0.274. The van der Waals surface area contributed by atoms with Crippen molar-refractivity contribution >= 4 is 11.6 Å². The van der Waals surface area contributed by atoms with Gasteiger partial charge in [-0.2, -0.15) is 0 Å². The molecule has 5 nitrogen and oxygen atoms in total. The molecule has 2 heterocycles. The first-order valence-electron chi connectivity index (χ1n) is 10.4. The molecule has 2 aliphatic heterocycles. The summed E-state index contributed by atoms with van der Waals surface area (Å²) in [4.78, 5) is 16.8. The number of carbonyl (C=O) groups excluding carboxylic acids is 1. The Kier molecular flexibility index (Phi) is 5.70. The van der Waals surface area contributed by atoms with Crippen molar-refractivity contribution in [3.8, 4) is 5.75 Å². The largest absolute Gasteiger partial charge is 0.573 e. The van der Waals surface area contributed by atoms with E-state index in [1.807, 2.05) is 41.0 Å². The van der Waals surface area contributed by atoms with Crippen LogP contribution in [0.4, 0.5) is 18.9 Å². The minimum absolute atomic E-state index is 0.0171. The van der Waals surface area contributed by atoms with E-state index in [0.717, 1.165) is 17.7 Å². The molecule has 31 heavy (non-hydrogen) atoms. The van der Waals surface area contributed by atoms with E-state index in [0.29, 0.717) is 31.5 Å². The van der Waals surface area contributed by atoms with Crippen LogP contribution < -0.4 is 9.64 Å². The number of para-hydroxylation sites is 1. The number of piperidine rings is 1. The van der Waals surface area contributed by atoms with Crippen LogP contribution in [0.3, 0.4) is 0 Å². The number of hydrogen-bond acceptors (Lipinski definition) is 4. The molecule has 166 valence electrons. The number of benzene rings is 2. The quantitative estimate of drug-likeness (QED) is 0.795. The van der Waals surface area contributed by atoms with Crippen LogP contribution in [0, 0.1) is 0 Å². The second-order valence-electron chi connectivity index (χ2n) is 8.33. The molecule has 0 saturated carbocycles. The summed E-state index contributed by atoms with van der Waals surface area (Å²) in [6.07, 6.45) is -3.31. The van der Waals surface area contributed by atoms with Gasteiger partial charge < -0.3 is 14.7 Å². The average Bonchev–Trinajstić information content (AvgIpc) is 3.04. The summed E-state index contributed by atoms with van der Waals surface area (Å²) >= 11 is 0. The van der Waals surface area contributed by atoms with Crippen molar-refractivity contribution in [1.82, 2.24) is 4.90 Å². The molecule has 0 aromatic heterocycles. The zero-order valence-electron chi connectivity index (χ0n) is 17.2. The molecule has 2 aliphatic rings. The Bertz CT molecular complexity index is 955. The number of anilines is 1. The maximum absolute atomic E-state index is 13.0. The van der Waals surface area contributed by atoms with Gasteiger partial charge in [-0.1, -0.05) is 30.3 Å². The molecule has 1 fully saturated rings. The van der Waals surface area contributed by atoms with E-state index in [-0.39, 0.29) is 24.2 Å². The first-order chi connectivity index (χ1) is 14.6. The molecular formula is C23H25F3N2O3. The Hall–Kier alpha value is -2.58. The fraction of sp³-hybridized carbons (Fsp3) is 0.435. The van der Waals surface area contributed by atoms with E-state index in [1.54, 1.807) is 6.07 Å². The van der Waals surface area contributed by atoms with Gasteiger partial charge in [0.25, 0.3) is 0 Å². The fourth-order valence-corrected chi connectivity index (χ4v) is 4.57. The fourth-order valence-electron chi connectivity index (χ4n) is 4.57. The SMILES string of the molecule is CC1Cc2ccccc2N1C(=O)CN1CCC(O)(c2cccc(OC(F)(F)F)c2)CC1. The Morgan fingerprint density at radius 1 is 1.16 bits per heavy atom. The van der Waals surface area contributed by atoms with Crippen molar-refractivity contribution in [3.63, 3.8) is 0 Å². The van der Waals surface area contributed by atoms with Crippen molar-refractivity contribution in [2.45, 2.75) is 44.2 Å². The molecule has 0 spiro atoms. The lowest BCUT2D eigenvalue weighted by Gasteiger charge is -2.39. The van der Waals surface area contributed by atoms with Gasteiger partial charge in [-0.05, 0) is 55.5 Å². The highest BCUT2D eigenvalue weighted by atomic mass is 19.4. The number of carbonyl (C=O) groups is 1. The van der Waals surface area contributed by atoms with E-state index in [2.05, 4.69) is 4.74 Å². The Balaban J connectivity index is 1.39. The van der Waals surface area contributed by atoms with Gasteiger partial charge >= 0.3 is 6.36 Å². The Labute approximate surface area is 179 Å². The topological polar surface area (TPSA) is 53.0 Å². The average molecular weight is 434 g/mol. The summed E-state index contributed by atoms with van der Waals surface area (Å²) in [5, 5.41) is 11.0. The predicted molar refractivity (Wildman–Crippen MR) is 110 cm³/mol. The van der Waals surface area contributed by atoms with Crippen molar-refractivity contribution in [1.29, 1.82) is 0 Å². The van der Waals surface area contributed by atoms with Crippen LogP contribution in [0.5, 0.6) is 5.75 Å². The molecule has 8 heteroatoms. The number of amides is 1. The monoisotopic (exact) mass is 434 g/mol. The van der Waals surface area contributed by atoms with Gasteiger partial charge in [0.05, 0.1) is 12.1 Å². The molecule has 2 aromatic carbocycles. The van der Waals surface area contributed by atoms with E-state index in [4.69, 9.17) is 0 Å². The molecule has 1 atom stereocenters. The van der Waals surface area contributed by atoms with Crippen molar-refractivity contribution in [2.24, 2.45) is 0 Å². The first-order valence-corrected chi connectivity index (χ1v) is 10.4. The lowest BCUT2D eigenvalue weighted by atomic mass is 9.84. The molecule has 4 rings (SSSR count). The van der Waals surface area contributed by atoms with Crippen LogP contribution in [-0.2, 0) is 16.8 Å².